The third-order valence-electron chi connectivity index (χ3n) is 4.90. The number of rotatable bonds is 7. The van der Waals surface area contributed by atoms with Gasteiger partial charge in [0.15, 0.2) is 5.76 Å². The molecule has 3 rings (SSSR count). The van der Waals surface area contributed by atoms with Crippen LogP contribution in [-0.4, -0.2) is 47.5 Å². The second kappa shape index (κ2) is 8.69. The van der Waals surface area contributed by atoms with Gasteiger partial charge in [-0.2, -0.15) is 0 Å². The lowest BCUT2D eigenvalue weighted by atomic mass is 10.0. The van der Waals surface area contributed by atoms with E-state index in [4.69, 9.17) is 16.1 Å². The lowest BCUT2D eigenvalue weighted by molar-refractivity contribution is -0.132. The Morgan fingerprint density at radius 1 is 1.31 bits per heavy atom. The molecule has 1 aliphatic heterocycles. The number of fused-ring (bicyclic) bond motifs is 1. The molecule has 2 heterocycles. The van der Waals surface area contributed by atoms with E-state index >= 15 is 0 Å². The highest BCUT2D eigenvalue weighted by Crippen LogP contribution is 2.31. The first-order valence-electron chi connectivity index (χ1n) is 9.28. The smallest absolute Gasteiger partial charge is 0.224 e. The highest BCUT2D eigenvalue weighted by Gasteiger charge is 2.27. The number of halogens is 1. The Morgan fingerprint density at radius 2 is 2.08 bits per heavy atom. The van der Waals surface area contributed by atoms with E-state index in [-0.39, 0.29) is 5.91 Å². The molecule has 0 saturated carbocycles. The summed E-state index contributed by atoms with van der Waals surface area (Å²) in [5.41, 5.74) is 2.95. The van der Waals surface area contributed by atoms with Crippen molar-refractivity contribution in [1.29, 1.82) is 0 Å². The summed E-state index contributed by atoms with van der Waals surface area (Å²) in [5, 5.41) is 4.91. The number of aromatic nitrogens is 1. The predicted octanol–water partition coefficient (Wildman–Crippen LogP) is 4.00. The molecule has 0 spiro atoms. The zero-order valence-electron chi connectivity index (χ0n) is 15.5. The Balaban J connectivity index is 1.60. The summed E-state index contributed by atoms with van der Waals surface area (Å²) < 4.78 is 5.57. The minimum absolute atomic E-state index is 0.190. The molecule has 0 aliphatic carbocycles. The lowest BCUT2D eigenvalue weighted by Crippen LogP contribution is -2.37. The monoisotopic (exact) mass is 375 g/mol. The van der Waals surface area contributed by atoms with Crippen molar-refractivity contribution in [2.24, 2.45) is 0 Å². The van der Waals surface area contributed by atoms with Gasteiger partial charge in [-0.05, 0) is 50.7 Å². The van der Waals surface area contributed by atoms with Crippen molar-refractivity contribution in [1.82, 2.24) is 15.0 Å². The van der Waals surface area contributed by atoms with Gasteiger partial charge in [0, 0.05) is 35.7 Å². The van der Waals surface area contributed by atoms with Gasteiger partial charge in [0.25, 0.3) is 0 Å². The molecule has 1 aromatic carbocycles. The Kier molecular flexibility index (Phi) is 6.33. The van der Waals surface area contributed by atoms with Crippen LogP contribution in [0, 0.1) is 0 Å². The Morgan fingerprint density at radius 3 is 2.81 bits per heavy atom. The third kappa shape index (κ3) is 4.46. The first-order valence-corrected chi connectivity index (χ1v) is 9.66. The van der Waals surface area contributed by atoms with Crippen LogP contribution < -0.4 is 0 Å². The molecule has 1 amide bonds. The summed E-state index contributed by atoms with van der Waals surface area (Å²) in [6.07, 6.45) is 3.67. The van der Waals surface area contributed by atoms with Gasteiger partial charge in [-0.25, -0.2) is 0 Å². The zero-order chi connectivity index (χ0) is 18.5. The number of unbranched alkanes of at least 4 members (excludes halogenated alkanes) is 1. The van der Waals surface area contributed by atoms with Crippen LogP contribution in [0.2, 0.25) is 5.02 Å². The van der Waals surface area contributed by atoms with Gasteiger partial charge in [0.05, 0.1) is 6.54 Å². The van der Waals surface area contributed by atoms with Gasteiger partial charge in [-0.1, -0.05) is 30.1 Å². The van der Waals surface area contributed by atoms with E-state index in [0.29, 0.717) is 24.5 Å². The number of carbonyl (C=O) groups excluding carboxylic acids is 1. The standard InChI is InChI=1S/C20H26ClN3O2/c1-3-4-11-23(2)12-10-19(25)24-13-9-17-18(14-24)22-26-20(17)15-5-7-16(21)8-6-15/h5-8H,3-4,9-14H2,1-2H3. The Hall–Kier alpha value is -1.85. The molecule has 0 bridgehead atoms. The summed E-state index contributed by atoms with van der Waals surface area (Å²) in [4.78, 5) is 16.6. The maximum atomic E-state index is 12.5. The van der Waals surface area contributed by atoms with Crippen LogP contribution in [0.25, 0.3) is 11.3 Å². The van der Waals surface area contributed by atoms with Crippen molar-refractivity contribution in [2.75, 3.05) is 26.7 Å². The molecule has 0 N–H and O–H groups in total. The lowest BCUT2D eigenvalue weighted by Gasteiger charge is -2.27. The number of carbonyl (C=O) groups is 1. The highest BCUT2D eigenvalue weighted by molar-refractivity contribution is 6.30. The van der Waals surface area contributed by atoms with Gasteiger partial charge in [0.1, 0.15) is 5.69 Å². The van der Waals surface area contributed by atoms with E-state index in [1.165, 1.54) is 12.8 Å². The molecule has 0 atom stereocenters. The van der Waals surface area contributed by atoms with E-state index in [9.17, 15) is 4.79 Å². The number of nitrogens with zero attached hydrogens (tertiary/aromatic N) is 3. The molecule has 5 nitrogen and oxygen atoms in total. The third-order valence-corrected chi connectivity index (χ3v) is 5.15. The molecule has 6 heteroatoms. The fourth-order valence-electron chi connectivity index (χ4n) is 3.26. The summed E-state index contributed by atoms with van der Waals surface area (Å²) in [7, 11) is 2.08. The van der Waals surface area contributed by atoms with Gasteiger partial charge in [-0.3, -0.25) is 4.79 Å². The van der Waals surface area contributed by atoms with E-state index in [1.54, 1.807) is 0 Å². The number of benzene rings is 1. The predicted molar refractivity (Wildman–Crippen MR) is 103 cm³/mol. The highest BCUT2D eigenvalue weighted by atomic mass is 35.5. The summed E-state index contributed by atoms with van der Waals surface area (Å²) in [5.74, 6) is 0.984. The molecule has 2 aromatic rings. The first-order chi connectivity index (χ1) is 12.6. The summed E-state index contributed by atoms with van der Waals surface area (Å²) in [6.45, 7) is 5.27. The van der Waals surface area contributed by atoms with Crippen LogP contribution in [0.3, 0.4) is 0 Å². The van der Waals surface area contributed by atoms with Crippen molar-refractivity contribution < 1.29 is 9.32 Å². The summed E-state index contributed by atoms with van der Waals surface area (Å²) in [6, 6.07) is 7.57. The fraction of sp³-hybridized carbons (Fsp3) is 0.500. The topological polar surface area (TPSA) is 49.6 Å². The molecule has 0 radical (unpaired) electrons. The van der Waals surface area contributed by atoms with Crippen molar-refractivity contribution >= 4 is 17.5 Å². The van der Waals surface area contributed by atoms with Crippen LogP contribution in [0.15, 0.2) is 28.8 Å². The molecular formula is C20H26ClN3O2. The molecule has 1 aromatic heterocycles. The Bertz CT molecular complexity index is 742. The SMILES string of the molecule is CCCCN(C)CCC(=O)N1CCc2c(noc2-c2ccc(Cl)cc2)C1. The molecule has 1 aliphatic rings. The summed E-state index contributed by atoms with van der Waals surface area (Å²) >= 11 is 5.96. The van der Waals surface area contributed by atoms with Gasteiger partial charge >= 0.3 is 0 Å². The van der Waals surface area contributed by atoms with Crippen LogP contribution in [0.5, 0.6) is 0 Å². The second-order valence-electron chi connectivity index (χ2n) is 6.92. The van der Waals surface area contributed by atoms with Crippen molar-refractivity contribution in [3.05, 3.63) is 40.5 Å². The van der Waals surface area contributed by atoms with E-state index in [2.05, 4.69) is 24.0 Å². The number of amides is 1. The average molecular weight is 376 g/mol. The van der Waals surface area contributed by atoms with Crippen molar-refractivity contribution in [3.63, 3.8) is 0 Å². The van der Waals surface area contributed by atoms with Crippen LogP contribution in [0.1, 0.15) is 37.4 Å². The maximum Gasteiger partial charge on any atom is 0.224 e. The van der Waals surface area contributed by atoms with E-state index in [0.717, 1.165) is 42.1 Å². The van der Waals surface area contributed by atoms with E-state index in [1.807, 2.05) is 29.2 Å². The normalized spacial score (nSPS) is 13.9. The fourth-order valence-corrected chi connectivity index (χ4v) is 3.38. The van der Waals surface area contributed by atoms with Crippen LogP contribution in [0.4, 0.5) is 0 Å². The largest absolute Gasteiger partial charge is 0.356 e. The number of hydrogen-bond acceptors (Lipinski definition) is 4. The maximum absolute atomic E-state index is 12.5. The van der Waals surface area contributed by atoms with Gasteiger partial charge in [-0.15, -0.1) is 0 Å². The van der Waals surface area contributed by atoms with E-state index < -0.39 is 0 Å². The van der Waals surface area contributed by atoms with Gasteiger partial charge in [0.2, 0.25) is 5.91 Å². The van der Waals surface area contributed by atoms with Crippen molar-refractivity contribution in [2.45, 2.75) is 39.2 Å². The second-order valence-corrected chi connectivity index (χ2v) is 7.35. The average Bonchev–Trinajstić information content (AvgIpc) is 3.08. The molecule has 140 valence electrons. The minimum Gasteiger partial charge on any atom is -0.356 e. The van der Waals surface area contributed by atoms with Crippen LogP contribution in [-0.2, 0) is 17.8 Å². The van der Waals surface area contributed by atoms with Crippen molar-refractivity contribution in [3.8, 4) is 11.3 Å². The van der Waals surface area contributed by atoms with Gasteiger partial charge < -0.3 is 14.3 Å². The molecule has 0 fully saturated rings. The number of hydrogen-bond donors (Lipinski definition) is 0. The molecular weight excluding hydrogens is 350 g/mol. The molecule has 0 unspecified atom stereocenters. The molecule has 26 heavy (non-hydrogen) atoms. The van der Waals surface area contributed by atoms with Crippen LogP contribution >= 0.6 is 11.6 Å². The molecule has 0 saturated heterocycles. The first kappa shape index (κ1) is 18.9. The zero-order valence-corrected chi connectivity index (χ0v) is 16.3. The minimum atomic E-state index is 0.190. The quantitative estimate of drug-likeness (QED) is 0.733. The Labute approximate surface area is 159 Å².